The Morgan fingerprint density at radius 3 is 2.61 bits per heavy atom. The molecule has 0 bridgehead atoms. The Balaban J connectivity index is 2.98. The van der Waals surface area contributed by atoms with Gasteiger partial charge in [0.05, 0.1) is 0 Å². The molecule has 0 saturated carbocycles. The summed E-state index contributed by atoms with van der Waals surface area (Å²) in [5, 5.41) is 6.03. The number of rotatable bonds is 5. The van der Waals surface area contributed by atoms with E-state index < -0.39 is 0 Å². The van der Waals surface area contributed by atoms with Gasteiger partial charge in [-0.05, 0) is 18.9 Å². The number of carbonyl (C=O) groups is 1. The molecule has 5 heteroatoms. The second kappa shape index (κ2) is 6.14. The van der Waals surface area contributed by atoms with E-state index >= 15 is 0 Å². The average Bonchev–Trinajstić information content (AvgIpc) is 2.35. The van der Waals surface area contributed by atoms with Gasteiger partial charge in [-0.3, -0.25) is 9.59 Å². The summed E-state index contributed by atoms with van der Waals surface area (Å²) < 4.78 is 0. The molecule has 0 saturated heterocycles. The number of hydrogen-bond donors (Lipinski definition) is 1. The SMILES string of the molecule is C=CCN(C(=O)c1ccc(=O)[nH]n1)[C@H](C)C(C)C. The predicted molar refractivity (Wildman–Crippen MR) is 70.4 cm³/mol. The van der Waals surface area contributed by atoms with E-state index in [2.05, 4.69) is 16.8 Å². The summed E-state index contributed by atoms with van der Waals surface area (Å²) in [4.78, 5) is 24.9. The van der Waals surface area contributed by atoms with Crippen molar-refractivity contribution in [3.8, 4) is 0 Å². The van der Waals surface area contributed by atoms with Crippen LogP contribution in [0.2, 0.25) is 0 Å². The first kappa shape index (κ1) is 14.2. The standard InChI is InChI=1S/C13H19N3O2/c1-5-8-16(10(4)9(2)3)13(18)11-6-7-12(17)15-14-11/h5-7,9-10H,1,8H2,2-4H3,(H,15,17)/t10-/m1/s1. The van der Waals surface area contributed by atoms with Crippen molar-refractivity contribution in [3.05, 3.63) is 40.8 Å². The Morgan fingerprint density at radius 1 is 1.50 bits per heavy atom. The predicted octanol–water partition coefficient (Wildman–Crippen LogP) is 1.44. The van der Waals surface area contributed by atoms with E-state index in [9.17, 15) is 9.59 Å². The Morgan fingerprint density at radius 2 is 2.17 bits per heavy atom. The first-order valence-electron chi connectivity index (χ1n) is 5.95. The van der Waals surface area contributed by atoms with Crippen molar-refractivity contribution in [1.82, 2.24) is 15.1 Å². The lowest BCUT2D eigenvalue weighted by molar-refractivity contribution is 0.0667. The maximum Gasteiger partial charge on any atom is 0.274 e. The lowest BCUT2D eigenvalue weighted by atomic mass is 10.0. The topological polar surface area (TPSA) is 66.1 Å². The minimum absolute atomic E-state index is 0.0734. The summed E-state index contributed by atoms with van der Waals surface area (Å²) >= 11 is 0. The first-order chi connectivity index (χ1) is 8.47. The Hall–Kier alpha value is -1.91. The molecule has 18 heavy (non-hydrogen) atoms. The van der Waals surface area contributed by atoms with E-state index in [0.717, 1.165) is 0 Å². The molecule has 0 aliphatic rings. The maximum absolute atomic E-state index is 12.3. The van der Waals surface area contributed by atoms with Gasteiger partial charge >= 0.3 is 0 Å². The molecule has 0 radical (unpaired) electrons. The molecule has 0 aromatic carbocycles. The van der Waals surface area contributed by atoms with E-state index in [-0.39, 0.29) is 23.2 Å². The van der Waals surface area contributed by atoms with Crippen molar-refractivity contribution >= 4 is 5.91 Å². The van der Waals surface area contributed by atoms with Gasteiger partial charge in [0.1, 0.15) is 5.69 Å². The Bertz CT molecular complexity index is 459. The van der Waals surface area contributed by atoms with Crippen molar-refractivity contribution in [2.24, 2.45) is 5.92 Å². The molecule has 1 rings (SSSR count). The van der Waals surface area contributed by atoms with Crippen LogP contribution >= 0.6 is 0 Å². The van der Waals surface area contributed by atoms with Crippen LogP contribution in [0.5, 0.6) is 0 Å². The fraction of sp³-hybridized carbons (Fsp3) is 0.462. The van der Waals surface area contributed by atoms with Gasteiger partial charge in [0.15, 0.2) is 0 Å². The van der Waals surface area contributed by atoms with Gasteiger partial charge in [0.25, 0.3) is 11.5 Å². The lowest BCUT2D eigenvalue weighted by Gasteiger charge is -2.30. The Kier molecular flexibility index (Phi) is 4.83. The van der Waals surface area contributed by atoms with Gasteiger partial charge in [-0.15, -0.1) is 6.58 Å². The van der Waals surface area contributed by atoms with Crippen molar-refractivity contribution in [2.45, 2.75) is 26.8 Å². The molecule has 0 fully saturated rings. The van der Waals surface area contributed by atoms with E-state index in [1.165, 1.54) is 12.1 Å². The molecule has 0 aliphatic carbocycles. The van der Waals surface area contributed by atoms with Crippen LogP contribution in [-0.2, 0) is 0 Å². The summed E-state index contributed by atoms with van der Waals surface area (Å²) in [5.74, 6) is 0.129. The van der Waals surface area contributed by atoms with Crippen molar-refractivity contribution in [2.75, 3.05) is 6.54 Å². The third kappa shape index (κ3) is 3.29. The fourth-order valence-electron chi connectivity index (χ4n) is 1.54. The van der Waals surface area contributed by atoms with Gasteiger partial charge in [0.2, 0.25) is 0 Å². The minimum atomic E-state index is -0.321. The van der Waals surface area contributed by atoms with Crippen molar-refractivity contribution in [3.63, 3.8) is 0 Å². The molecule has 1 amide bonds. The van der Waals surface area contributed by atoms with Gasteiger partial charge < -0.3 is 4.90 Å². The van der Waals surface area contributed by atoms with Crippen molar-refractivity contribution in [1.29, 1.82) is 0 Å². The molecule has 98 valence electrons. The van der Waals surface area contributed by atoms with Gasteiger partial charge in [-0.25, -0.2) is 5.10 Å². The molecule has 1 N–H and O–H groups in total. The van der Waals surface area contributed by atoms with Crippen LogP contribution in [0.15, 0.2) is 29.6 Å². The highest BCUT2D eigenvalue weighted by Gasteiger charge is 2.23. The molecule has 0 aliphatic heterocycles. The number of H-pyrrole nitrogens is 1. The van der Waals surface area contributed by atoms with Gasteiger partial charge in [-0.1, -0.05) is 19.9 Å². The second-order valence-corrected chi connectivity index (χ2v) is 4.54. The molecule has 1 aromatic heterocycles. The van der Waals surface area contributed by atoms with Crippen LogP contribution in [-0.4, -0.2) is 33.6 Å². The fourth-order valence-corrected chi connectivity index (χ4v) is 1.54. The van der Waals surface area contributed by atoms with Gasteiger partial charge in [-0.2, -0.15) is 5.10 Å². The van der Waals surface area contributed by atoms with Crippen LogP contribution in [0.1, 0.15) is 31.3 Å². The average molecular weight is 249 g/mol. The molecular formula is C13H19N3O2. The smallest absolute Gasteiger partial charge is 0.274 e. The van der Waals surface area contributed by atoms with Crippen LogP contribution in [0.25, 0.3) is 0 Å². The highest BCUT2D eigenvalue weighted by Crippen LogP contribution is 2.12. The second-order valence-electron chi connectivity index (χ2n) is 4.54. The zero-order valence-corrected chi connectivity index (χ0v) is 11.0. The molecule has 5 nitrogen and oxygen atoms in total. The van der Waals surface area contributed by atoms with Gasteiger partial charge in [0, 0.05) is 18.7 Å². The molecule has 0 spiro atoms. The number of amides is 1. The van der Waals surface area contributed by atoms with Crippen LogP contribution < -0.4 is 5.56 Å². The van der Waals surface area contributed by atoms with Crippen LogP contribution in [0.3, 0.4) is 0 Å². The molecular weight excluding hydrogens is 230 g/mol. The lowest BCUT2D eigenvalue weighted by Crippen LogP contribution is -2.42. The molecule has 0 unspecified atom stereocenters. The highest BCUT2D eigenvalue weighted by atomic mass is 16.2. The third-order valence-electron chi connectivity index (χ3n) is 2.94. The number of hydrogen-bond acceptors (Lipinski definition) is 3. The molecule has 1 heterocycles. The zero-order valence-electron chi connectivity index (χ0n) is 11.0. The Labute approximate surface area is 107 Å². The number of aromatic amines is 1. The maximum atomic E-state index is 12.3. The first-order valence-corrected chi connectivity index (χ1v) is 5.95. The van der Waals surface area contributed by atoms with E-state index in [0.29, 0.717) is 12.5 Å². The summed E-state index contributed by atoms with van der Waals surface area (Å²) in [5.41, 5.74) is -0.0809. The van der Waals surface area contributed by atoms with Crippen LogP contribution in [0, 0.1) is 5.92 Å². The number of nitrogens with zero attached hydrogens (tertiary/aromatic N) is 2. The number of nitrogens with one attached hydrogen (secondary N) is 1. The molecule has 1 aromatic rings. The number of carbonyl (C=O) groups excluding carboxylic acids is 1. The largest absolute Gasteiger partial charge is 0.331 e. The summed E-state index contributed by atoms with van der Waals surface area (Å²) in [6.07, 6.45) is 1.68. The minimum Gasteiger partial charge on any atom is -0.331 e. The monoisotopic (exact) mass is 249 g/mol. The normalized spacial score (nSPS) is 12.2. The number of aromatic nitrogens is 2. The van der Waals surface area contributed by atoms with Crippen LogP contribution in [0.4, 0.5) is 0 Å². The van der Waals surface area contributed by atoms with E-state index in [1.54, 1.807) is 11.0 Å². The van der Waals surface area contributed by atoms with E-state index in [1.807, 2.05) is 20.8 Å². The zero-order chi connectivity index (χ0) is 13.7. The summed E-state index contributed by atoms with van der Waals surface area (Å²) in [7, 11) is 0. The van der Waals surface area contributed by atoms with E-state index in [4.69, 9.17) is 0 Å². The quantitative estimate of drug-likeness (QED) is 0.803. The molecule has 1 atom stereocenters. The van der Waals surface area contributed by atoms with Crippen molar-refractivity contribution < 1.29 is 4.79 Å². The highest BCUT2D eigenvalue weighted by molar-refractivity contribution is 5.92. The summed E-state index contributed by atoms with van der Waals surface area (Å²) in [6.45, 7) is 10.2. The third-order valence-corrected chi connectivity index (χ3v) is 2.94. The summed E-state index contributed by atoms with van der Waals surface area (Å²) in [6, 6.07) is 2.81.